The second-order valence-electron chi connectivity index (χ2n) is 9.22. The lowest BCUT2D eigenvalue weighted by Gasteiger charge is -2.17. The highest BCUT2D eigenvalue weighted by Gasteiger charge is 2.31. The summed E-state index contributed by atoms with van der Waals surface area (Å²) >= 11 is 9.19. The van der Waals surface area contributed by atoms with Crippen LogP contribution in [0.15, 0.2) is 56.6 Å². The summed E-state index contributed by atoms with van der Waals surface area (Å²) in [5, 5.41) is 12.4. The van der Waals surface area contributed by atoms with E-state index in [1.54, 1.807) is 23.5 Å². The average molecular weight is 535 g/mol. The molecule has 0 aromatic rings. The quantitative estimate of drug-likeness (QED) is 0.176. The molecule has 0 unspecified atom stereocenters. The lowest BCUT2D eigenvalue weighted by Crippen LogP contribution is -2.28. The lowest BCUT2D eigenvalue weighted by atomic mass is 10.0. The van der Waals surface area contributed by atoms with E-state index >= 15 is 0 Å². The molecule has 1 N–H and O–H groups in total. The first-order chi connectivity index (χ1) is 16.9. The van der Waals surface area contributed by atoms with Crippen LogP contribution in [-0.2, 0) is 4.74 Å². The van der Waals surface area contributed by atoms with E-state index in [2.05, 4.69) is 62.0 Å². The van der Waals surface area contributed by atoms with Gasteiger partial charge in [-0.15, -0.1) is 23.5 Å². The Morgan fingerprint density at radius 3 is 2.00 bits per heavy atom. The highest BCUT2D eigenvalue weighted by molar-refractivity contribution is 8.16. The molecule has 2 aliphatic heterocycles. The second kappa shape index (κ2) is 17.3. The molecular weight excluding hydrogens is 493 g/mol. The molecule has 7 heteroatoms. The molecular formula is C28H42N2O2S3. The van der Waals surface area contributed by atoms with E-state index in [4.69, 9.17) is 17.0 Å². The van der Waals surface area contributed by atoms with E-state index in [1.165, 1.54) is 16.7 Å². The van der Waals surface area contributed by atoms with Gasteiger partial charge in [0.1, 0.15) is 12.5 Å². The predicted molar refractivity (Wildman–Crippen MR) is 161 cm³/mol. The molecule has 0 aromatic heterocycles. The molecule has 0 radical (unpaired) electrons. The first-order valence-corrected chi connectivity index (χ1v) is 15.0. The zero-order valence-corrected chi connectivity index (χ0v) is 24.3. The molecule has 0 aromatic carbocycles. The fraction of sp³-hybridized carbons (Fsp3) is 0.607. The van der Waals surface area contributed by atoms with Crippen molar-refractivity contribution >= 4 is 50.9 Å². The van der Waals surface area contributed by atoms with E-state index in [-0.39, 0.29) is 12.5 Å². The number of aliphatic imine (C=N–C) groups is 2. The molecule has 0 saturated carbocycles. The number of hydrogen-bond acceptors (Lipinski definition) is 7. The summed E-state index contributed by atoms with van der Waals surface area (Å²) in [5.74, 6) is 1.96. The van der Waals surface area contributed by atoms with Crippen molar-refractivity contribution in [3.05, 3.63) is 46.6 Å². The highest BCUT2D eigenvalue weighted by atomic mass is 32.2. The molecule has 0 fully saturated rings. The van der Waals surface area contributed by atoms with Crippen molar-refractivity contribution in [2.24, 2.45) is 15.9 Å². The average Bonchev–Trinajstić information content (AvgIpc) is 3.53. The summed E-state index contributed by atoms with van der Waals surface area (Å²) in [6.45, 7) is 10.9. The van der Waals surface area contributed by atoms with Crippen molar-refractivity contribution in [1.82, 2.24) is 0 Å². The minimum absolute atomic E-state index is 0.0707. The van der Waals surface area contributed by atoms with Gasteiger partial charge in [0.25, 0.3) is 0 Å². The number of allylic oxidation sites excluding steroid dienone is 6. The van der Waals surface area contributed by atoms with Crippen molar-refractivity contribution in [3.8, 4) is 0 Å². The predicted octanol–water partition coefficient (Wildman–Crippen LogP) is 7.36. The van der Waals surface area contributed by atoms with Crippen LogP contribution in [0.25, 0.3) is 0 Å². The fourth-order valence-electron chi connectivity index (χ4n) is 3.76. The van der Waals surface area contributed by atoms with Crippen LogP contribution in [0.5, 0.6) is 0 Å². The van der Waals surface area contributed by atoms with E-state index in [0.717, 1.165) is 78.8 Å². The standard InChI is InChI=1S/C28H42N2O2S3/c1-21(2)8-5-9-22(3)10-6-12-24(20-31)13-7-11-23(4)14-17-32-28(33)25(26-29-15-18-34-26)27-30-16-19-35-27/h8,10,13-14,25,31H,5-7,9,11-12,15-20H2,1-4H3/b22-10+,23-14+,24-13+. The summed E-state index contributed by atoms with van der Waals surface area (Å²) in [5.41, 5.74) is 5.20. The number of aliphatic hydroxyl groups is 1. The first kappa shape index (κ1) is 30.1. The largest absolute Gasteiger partial charge is 0.482 e. The monoisotopic (exact) mass is 534 g/mol. The van der Waals surface area contributed by atoms with E-state index in [1.807, 2.05) is 0 Å². The number of rotatable bonds is 15. The van der Waals surface area contributed by atoms with Crippen molar-refractivity contribution in [1.29, 1.82) is 0 Å². The van der Waals surface area contributed by atoms with Gasteiger partial charge >= 0.3 is 0 Å². The van der Waals surface area contributed by atoms with Crippen LogP contribution >= 0.6 is 35.7 Å². The smallest absolute Gasteiger partial charge is 0.176 e. The van der Waals surface area contributed by atoms with Gasteiger partial charge in [0.05, 0.1) is 16.7 Å². The van der Waals surface area contributed by atoms with Gasteiger partial charge in [0.2, 0.25) is 0 Å². The van der Waals surface area contributed by atoms with Crippen molar-refractivity contribution < 1.29 is 9.84 Å². The zero-order valence-electron chi connectivity index (χ0n) is 21.8. The third-order valence-electron chi connectivity index (χ3n) is 5.83. The van der Waals surface area contributed by atoms with Crippen LogP contribution < -0.4 is 0 Å². The van der Waals surface area contributed by atoms with Crippen molar-refractivity contribution in [2.45, 2.75) is 66.2 Å². The third kappa shape index (κ3) is 12.1. The zero-order chi connectivity index (χ0) is 25.5. The maximum Gasteiger partial charge on any atom is 0.176 e. The Morgan fingerprint density at radius 1 is 0.886 bits per heavy atom. The van der Waals surface area contributed by atoms with E-state index in [0.29, 0.717) is 11.7 Å². The number of ether oxygens (including phenoxy) is 1. The summed E-state index contributed by atoms with van der Waals surface area (Å²) in [4.78, 5) is 9.26. The molecule has 0 amide bonds. The Balaban J connectivity index is 1.74. The number of thioether (sulfide) groups is 2. The summed E-state index contributed by atoms with van der Waals surface area (Å²) in [6, 6.07) is 0. The van der Waals surface area contributed by atoms with Crippen molar-refractivity contribution in [3.63, 3.8) is 0 Å². The second-order valence-corrected chi connectivity index (χ2v) is 11.9. The maximum absolute atomic E-state index is 9.72. The van der Waals surface area contributed by atoms with Gasteiger partial charge in [-0.3, -0.25) is 9.98 Å². The number of nitrogens with zero attached hydrogens (tertiary/aromatic N) is 2. The molecule has 0 spiro atoms. The fourth-order valence-corrected chi connectivity index (χ4v) is 6.19. The molecule has 4 nitrogen and oxygen atoms in total. The molecule has 2 heterocycles. The lowest BCUT2D eigenvalue weighted by molar-refractivity contribution is 0.326. The van der Waals surface area contributed by atoms with Gasteiger partial charge in [0.15, 0.2) is 5.05 Å². The highest BCUT2D eigenvalue weighted by Crippen LogP contribution is 2.29. The van der Waals surface area contributed by atoms with Crippen molar-refractivity contribution in [2.75, 3.05) is 37.8 Å². The number of thiocarbonyl (C=S) groups is 1. The van der Waals surface area contributed by atoms with Gasteiger partial charge in [-0.2, -0.15) is 0 Å². The minimum atomic E-state index is -0.0707. The number of hydrogen-bond donors (Lipinski definition) is 1. The molecule has 0 bridgehead atoms. The summed E-state index contributed by atoms with van der Waals surface area (Å²) in [7, 11) is 0. The van der Waals surface area contributed by atoms with Crippen LogP contribution in [0.2, 0.25) is 0 Å². The summed E-state index contributed by atoms with van der Waals surface area (Å²) < 4.78 is 5.97. The van der Waals surface area contributed by atoms with Gasteiger partial charge in [-0.05, 0) is 90.1 Å². The van der Waals surface area contributed by atoms with Gasteiger partial charge in [-0.1, -0.05) is 34.9 Å². The Bertz CT molecular complexity index is 857. The molecule has 0 aliphatic carbocycles. The van der Waals surface area contributed by atoms with Gasteiger partial charge in [-0.25, -0.2) is 0 Å². The molecule has 0 atom stereocenters. The van der Waals surface area contributed by atoms with Crippen LogP contribution in [0.4, 0.5) is 0 Å². The molecule has 35 heavy (non-hydrogen) atoms. The van der Waals surface area contributed by atoms with Gasteiger partial charge < -0.3 is 9.84 Å². The van der Waals surface area contributed by atoms with Gasteiger partial charge in [0, 0.05) is 24.6 Å². The minimum Gasteiger partial charge on any atom is -0.482 e. The molecule has 194 valence electrons. The molecule has 0 saturated heterocycles. The topological polar surface area (TPSA) is 54.2 Å². The van der Waals surface area contributed by atoms with Crippen LogP contribution in [0.3, 0.4) is 0 Å². The Morgan fingerprint density at radius 2 is 1.46 bits per heavy atom. The van der Waals surface area contributed by atoms with Crippen LogP contribution in [-0.4, -0.2) is 58.1 Å². The van der Waals surface area contributed by atoms with E-state index in [9.17, 15) is 5.11 Å². The first-order valence-electron chi connectivity index (χ1n) is 12.6. The maximum atomic E-state index is 9.72. The molecule has 2 aliphatic rings. The van der Waals surface area contributed by atoms with Crippen LogP contribution in [0.1, 0.15) is 66.2 Å². The Kier molecular flexibility index (Phi) is 14.9. The number of aliphatic hydroxyl groups excluding tert-OH is 1. The van der Waals surface area contributed by atoms with E-state index < -0.39 is 0 Å². The Hall–Kier alpha value is -1.15. The summed E-state index contributed by atoms with van der Waals surface area (Å²) in [6.07, 6.45) is 14.9. The Labute approximate surface area is 226 Å². The third-order valence-corrected chi connectivity index (χ3v) is 8.28. The SMILES string of the molecule is CC(C)=CCC/C(C)=C/CC/C(=C\CC/C(C)=C/COC(=S)C(C1=NCCS1)C1=NCCS1)CO. The van der Waals surface area contributed by atoms with Crippen LogP contribution in [0, 0.1) is 5.92 Å². The molecule has 2 rings (SSSR count). The normalized spacial score (nSPS) is 17.0.